The third-order valence-electron chi connectivity index (χ3n) is 4.98. The van der Waals surface area contributed by atoms with Gasteiger partial charge in [-0.3, -0.25) is 4.90 Å². The number of rotatable bonds is 8. The Hall–Kier alpha value is -1.77. The van der Waals surface area contributed by atoms with Crippen LogP contribution in [0.15, 0.2) is 59.5 Å². The van der Waals surface area contributed by atoms with Gasteiger partial charge in [-0.2, -0.15) is 0 Å². The molecule has 1 fully saturated rings. The second kappa shape index (κ2) is 9.62. The summed E-state index contributed by atoms with van der Waals surface area (Å²) in [4.78, 5) is 2.72. The molecule has 0 bridgehead atoms. The monoisotopic (exact) mass is 403 g/mol. The molecule has 1 unspecified atom stereocenters. The average molecular weight is 404 g/mol. The summed E-state index contributed by atoms with van der Waals surface area (Å²) in [6.07, 6.45) is 0. The van der Waals surface area contributed by atoms with E-state index in [1.165, 1.54) is 9.87 Å². The highest BCUT2D eigenvalue weighted by Gasteiger charge is 2.19. The maximum atomic E-state index is 12.4. The van der Waals surface area contributed by atoms with E-state index < -0.39 is 10.0 Å². The number of ether oxygens (including phenoxy) is 1. The van der Waals surface area contributed by atoms with Crippen LogP contribution in [-0.2, 0) is 21.3 Å². The predicted octanol–water partition coefficient (Wildman–Crippen LogP) is 2.10. The molecule has 2 aromatic carbocycles. The minimum atomic E-state index is -3.43. The van der Waals surface area contributed by atoms with Crippen molar-refractivity contribution in [2.24, 2.45) is 0 Å². The standard InChI is InChI=1S/C21H29N3O3S/c1-23(2)28(25,26)20-10-6-7-18(15-20)16-22-21(19-8-4-3-5-9-19)17-24-11-13-27-14-12-24/h3-10,15,21-22H,11-14,16-17H2,1-2H3. The maximum Gasteiger partial charge on any atom is 0.242 e. The molecule has 1 N–H and O–H groups in total. The quantitative estimate of drug-likeness (QED) is 0.731. The fourth-order valence-electron chi connectivity index (χ4n) is 3.28. The van der Waals surface area contributed by atoms with Gasteiger partial charge in [0.15, 0.2) is 0 Å². The largest absolute Gasteiger partial charge is 0.379 e. The maximum absolute atomic E-state index is 12.4. The minimum absolute atomic E-state index is 0.161. The average Bonchev–Trinajstić information content (AvgIpc) is 2.72. The van der Waals surface area contributed by atoms with Gasteiger partial charge in [0.1, 0.15) is 0 Å². The summed E-state index contributed by atoms with van der Waals surface area (Å²) in [7, 11) is -0.330. The molecule has 1 saturated heterocycles. The fraction of sp³-hybridized carbons (Fsp3) is 0.429. The van der Waals surface area contributed by atoms with Gasteiger partial charge in [0, 0.05) is 46.3 Å². The lowest BCUT2D eigenvalue weighted by atomic mass is 10.1. The molecule has 0 amide bonds. The molecule has 28 heavy (non-hydrogen) atoms. The molecule has 0 radical (unpaired) electrons. The van der Waals surface area contributed by atoms with Crippen LogP contribution in [0.1, 0.15) is 17.2 Å². The lowest BCUT2D eigenvalue weighted by Gasteiger charge is -2.31. The normalized spacial score (nSPS) is 17.0. The first-order valence-corrected chi connectivity index (χ1v) is 11.0. The van der Waals surface area contributed by atoms with Gasteiger partial charge in [-0.1, -0.05) is 42.5 Å². The Morgan fingerprint density at radius 1 is 1.07 bits per heavy atom. The van der Waals surface area contributed by atoms with Crippen LogP contribution in [-0.4, -0.2) is 64.6 Å². The number of nitrogens with zero attached hydrogens (tertiary/aromatic N) is 2. The van der Waals surface area contributed by atoms with Gasteiger partial charge in [-0.05, 0) is 23.3 Å². The van der Waals surface area contributed by atoms with Crippen molar-refractivity contribution in [1.82, 2.24) is 14.5 Å². The van der Waals surface area contributed by atoms with Crippen LogP contribution in [0.3, 0.4) is 0 Å². The summed E-state index contributed by atoms with van der Waals surface area (Å²) in [6, 6.07) is 17.7. The van der Waals surface area contributed by atoms with Crippen LogP contribution in [0.5, 0.6) is 0 Å². The number of benzene rings is 2. The Kier molecular flexibility index (Phi) is 7.20. The van der Waals surface area contributed by atoms with Crippen LogP contribution >= 0.6 is 0 Å². The van der Waals surface area contributed by atoms with Crippen molar-refractivity contribution in [3.63, 3.8) is 0 Å². The molecule has 3 rings (SSSR count). The van der Waals surface area contributed by atoms with Crippen LogP contribution in [0, 0.1) is 0 Å². The third-order valence-corrected chi connectivity index (χ3v) is 6.79. The van der Waals surface area contributed by atoms with Gasteiger partial charge < -0.3 is 10.1 Å². The molecular formula is C21H29N3O3S. The lowest BCUT2D eigenvalue weighted by Crippen LogP contribution is -2.41. The zero-order valence-corrected chi connectivity index (χ0v) is 17.4. The van der Waals surface area contributed by atoms with Crippen molar-refractivity contribution in [3.05, 3.63) is 65.7 Å². The van der Waals surface area contributed by atoms with E-state index in [1.807, 2.05) is 24.3 Å². The van der Waals surface area contributed by atoms with E-state index in [0.29, 0.717) is 11.4 Å². The van der Waals surface area contributed by atoms with Gasteiger partial charge in [0.25, 0.3) is 0 Å². The second-order valence-corrected chi connectivity index (χ2v) is 9.34. The molecule has 152 valence electrons. The van der Waals surface area contributed by atoms with Crippen LogP contribution < -0.4 is 5.32 Å². The smallest absolute Gasteiger partial charge is 0.242 e. The Bertz CT molecular complexity index is 850. The van der Waals surface area contributed by atoms with Crippen molar-refractivity contribution in [2.45, 2.75) is 17.5 Å². The van der Waals surface area contributed by atoms with Gasteiger partial charge in [0.05, 0.1) is 18.1 Å². The van der Waals surface area contributed by atoms with Crippen molar-refractivity contribution < 1.29 is 13.2 Å². The Labute approximate surface area is 168 Å². The highest BCUT2D eigenvalue weighted by molar-refractivity contribution is 7.89. The summed E-state index contributed by atoms with van der Waals surface area (Å²) in [5.41, 5.74) is 2.18. The molecule has 1 aliphatic heterocycles. The fourth-order valence-corrected chi connectivity index (χ4v) is 4.26. The van der Waals surface area contributed by atoms with E-state index in [9.17, 15) is 8.42 Å². The first kappa shape index (κ1) is 21.0. The Morgan fingerprint density at radius 2 is 1.79 bits per heavy atom. The summed E-state index contributed by atoms with van der Waals surface area (Å²) in [6.45, 7) is 4.89. The van der Waals surface area contributed by atoms with Gasteiger partial charge in [-0.15, -0.1) is 0 Å². The third kappa shape index (κ3) is 5.40. The number of hydrogen-bond acceptors (Lipinski definition) is 5. The molecule has 7 heteroatoms. The van der Waals surface area contributed by atoms with Gasteiger partial charge in [-0.25, -0.2) is 12.7 Å². The number of sulfonamides is 1. The first-order valence-electron chi connectivity index (χ1n) is 9.57. The highest BCUT2D eigenvalue weighted by Crippen LogP contribution is 2.18. The highest BCUT2D eigenvalue weighted by atomic mass is 32.2. The van der Waals surface area contributed by atoms with E-state index in [4.69, 9.17) is 4.74 Å². The molecule has 1 heterocycles. The molecule has 1 aliphatic rings. The predicted molar refractivity (Wildman–Crippen MR) is 111 cm³/mol. The molecule has 0 aromatic heterocycles. The Morgan fingerprint density at radius 3 is 2.46 bits per heavy atom. The van der Waals surface area contributed by atoms with E-state index >= 15 is 0 Å². The number of morpholine rings is 1. The van der Waals surface area contributed by atoms with Crippen LogP contribution in [0.4, 0.5) is 0 Å². The van der Waals surface area contributed by atoms with Crippen molar-refractivity contribution in [1.29, 1.82) is 0 Å². The van der Waals surface area contributed by atoms with E-state index in [2.05, 4.69) is 22.3 Å². The minimum Gasteiger partial charge on any atom is -0.379 e. The summed E-state index contributed by atoms with van der Waals surface area (Å²) < 4.78 is 31.5. The molecule has 0 aliphatic carbocycles. The molecule has 0 saturated carbocycles. The zero-order valence-electron chi connectivity index (χ0n) is 16.5. The van der Waals surface area contributed by atoms with Crippen molar-refractivity contribution >= 4 is 10.0 Å². The Balaban J connectivity index is 1.73. The topological polar surface area (TPSA) is 61.9 Å². The second-order valence-electron chi connectivity index (χ2n) is 7.19. The zero-order chi connectivity index (χ0) is 20.0. The molecule has 6 nitrogen and oxygen atoms in total. The van der Waals surface area contributed by atoms with Crippen molar-refractivity contribution in [2.75, 3.05) is 46.9 Å². The van der Waals surface area contributed by atoms with Gasteiger partial charge in [0.2, 0.25) is 10.0 Å². The van der Waals surface area contributed by atoms with E-state index in [-0.39, 0.29) is 6.04 Å². The van der Waals surface area contributed by atoms with Gasteiger partial charge >= 0.3 is 0 Å². The summed E-state index contributed by atoms with van der Waals surface area (Å²) in [5.74, 6) is 0. The lowest BCUT2D eigenvalue weighted by molar-refractivity contribution is 0.0333. The molecule has 2 aromatic rings. The van der Waals surface area contributed by atoms with Crippen LogP contribution in [0.2, 0.25) is 0 Å². The first-order chi connectivity index (χ1) is 13.5. The van der Waals surface area contributed by atoms with Crippen molar-refractivity contribution in [3.8, 4) is 0 Å². The summed E-state index contributed by atoms with van der Waals surface area (Å²) >= 11 is 0. The molecule has 0 spiro atoms. The van der Waals surface area contributed by atoms with E-state index in [0.717, 1.165) is 38.4 Å². The van der Waals surface area contributed by atoms with E-state index in [1.54, 1.807) is 32.3 Å². The summed E-state index contributed by atoms with van der Waals surface area (Å²) in [5, 5.41) is 3.62. The van der Waals surface area contributed by atoms with Crippen LogP contribution in [0.25, 0.3) is 0 Å². The SMILES string of the molecule is CN(C)S(=O)(=O)c1cccc(CNC(CN2CCOCC2)c2ccccc2)c1. The number of hydrogen-bond donors (Lipinski definition) is 1. The number of nitrogens with one attached hydrogen (secondary N) is 1. The molecule has 1 atom stereocenters. The molecular weight excluding hydrogens is 374 g/mol.